The molecule has 1 aromatic carbocycles. The summed E-state index contributed by atoms with van der Waals surface area (Å²) in [6.07, 6.45) is 3.08. The van der Waals surface area contributed by atoms with Gasteiger partial charge in [0.1, 0.15) is 0 Å². The van der Waals surface area contributed by atoms with Crippen LogP contribution in [-0.2, 0) is 19.4 Å². The molecule has 2 aliphatic heterocycles. The minimum atomic E-state index is -3.60. The monoisotopic (exact) mass is 382 g/mol. The van der Waals surface area contributed by atoms with Crippen LogP contribution in [0.2, 0.25) is 0 Å². The molecule has 1 N–H and O–H groups in total. The first-order valence-electron chi connectivity index (χ1n) is 8.45. The summed E-state index contributed by atoms with van der Waals surface area (Å²) in [5.74, 6) is -0.697. The highest BCUT2D eigenvalue weighted by Gasteiger charge is 2.28. The molecular formula is C17H22N2O4S2. The number of nitrogens with zero attached hydrogens (tertiary/aromatic N) is 1. The van der Waals surface area contributed by atoms with Crippen molar-refractivity contribution in [3.63, 3.8) is 0 Å². The van der Waals surface area contributed by atoms with Crippen molar-refractivity contribution >= 4 is 39.1 Å². The van der Waals surface area contributed by atoms with Gasteiger partial charge in [-0.3, -0.25) is 9.59 Å². The van der Waals surface area contributed by atoms with Gasteiger partial charge in [-0.25, -0.2) is 8.42 Å². The van der Waals surface area contributed by atoms with Crippen LogP contribution in [0.4, 0.5) is 5.69 Å². The van der Waals surface area contributed by atoms with Crippen molar-refractivity contribution in [2.45, 2.75) is 36.0 Å². The van der Waals surface area contributed by atoms with Crippen molar-refractivity contribution in [2.75, 3.05) is 29.9 Å². The number of nitrogens with one attached hydrogen (secondary N) is 1. The molecule has 3 rings (SSSR count). The number of carbonyl (C=O) groups excluding carboxylic acids is 2. The Bertz CT molecular complexity index is 786. The molecule has 0 radical (unpaired) electrons. The minimum absolute atomic E-state index is 0.0925. The number of benzene rings is 1. The van der Waals surface area contributed by atoms with E-state index in [0.29, 0.717) is 24.5 Å². The van der Waals surface area contributed by atoms with Crippen LogP contribution in [0.15, 0.2) is 28.0 Å². The fraction of sp³-hybridized carbons (Fsp3) is 0.529. The van der Waals surface area contributed by atoms with E-state index in [1.54, 1.807) is 24.0 Å². The number of fused-ring (bicyclic) bond motifs is 1. The van der Waals surface area contributed by atoms with Crippen LogP contribution in [0, 0.1) is 5.92 Å². The lowest BCUT2D eigenvalue weighted by Gasteiger charge is -2.29. The average Bonchev–Trinajstić information content (AvgIpc) is 2.60. The summed E-state index contributed by atoms with van der Waals surface area (Å²) in [5.41, 5.74) is 0.525. The Labute approximate surface area is 152 Å². The first-order valence-corrected chi connectivity index (χ1v) is 11.1. The summed E-state index contributed by atoms with van der Waals surface area (Å²) in [7, 11) is -3.60. The maximum atomic E-state index is 12.7. The Morgan fingerprint density at radius 2 is 2.00 bits per heavy atom. The second kappa shape index (κ2) is 7.37. The standard InChI is InChI=1S/C17H22N2O4S2/c1-12(17(21)19-7-3-2-4-8-19)11-25(22,23)13-5-6-15-14(9-13)18-16(20)10-24-15/h5-6,9,12H,2-4,7-8,10-11H2,1H3,(H,18,20). The third-order valence-electron chi connectivity index (χ3n) is 4.50. The van der Waals surface area contributed by atoms with Crippen molar-refractivity contribution in [1.29, 1.82) is 0 Å². The Hall–Kier alpha value is -1.54. The molecule has 0 aromatic heterocycles. The predicted octanol–water partition coefficient (Wildman–Crippen LogP) is 2.15. The van der Waals surface area contributed by atoms with Gasteiger partial charge in [-0.15, -0.1) is 11.8 Å². The molecular weight excluding hydrogens is 360 g/mol. The predicted molar refractivity (Wildman–Crippen MR) is 97.4 cm³/mol. The smallest absolute Gasteiger partial charge is 0.234 e. The lowest BCUT2D eigenvalue weighted by Crippen LogP contribution is -2.40. The van der Waals surface area contributed by atoms with E-state index >= 15 is 0 Å². The Morgan fingerprint density at radius 3 is 2.72 bits per heavy atom. The summed E-state index contributed by atoms with van der Waals surface area (Å²) >= 11 is 1.39. The molecule has 2 aliphatic rings. The number of hydrogen-bond acceptors (Lipinski definition) is 5. The molecule has 0 spiro atoms. The second-order valence-electron chi connectivity index (χ2n) is 6.56. The maximum Gasteiger partial charge on any atom is 0.234 e. The molecule has 0 bridgehead atoms. The molecule has 8 heteroatoms. The molecule has 1 saturated heterocycles. The number of anilines is 1. The molecule has 1 aromatic rings. The van der Waals surface area contributed by atoms with Crippen LogP contribution in [0.1, 0.15) is 26.2 Å². The highest BCUT2D eigenvalue weighted by atomic mass is 32.2. The molecule has 2 amide bonds. The Morgan fingerprint density at radius 1 is 1.28 bits per heavy atom. The normalized spacial score (nSPS) is 19.1. The van der Waals surface area contributed by atoms with Crippen molar-refractivity contribution in [1.82, 2.24) is 4.90 Å². The van der Waals surface area contributed by atoms with Gasteiger partial charge >= 0.3 is 0 Å². The highest BCUT2D eigenvalue weighted by Crippen LogP contribution is 2.33. The van der Waals surface area contributed by atoms with Crippen LogP contribution in [-0.4, -0.2) is 49.7 Å². The fourth-order valence-electron chi connectivity index (χ4n) is 3.18. The first-order chi connectivity index (χ1) is 11.9. The molecule has 136 valence electrons. The second-order valence-corrected chi connectivity index (χ2v) is 9.61. The van der Waals surface area contributed by atoms with Crippen LogP contribution in [0.3, 0.4) is 0 Å². The highest BCUT2D eigenvalue weighted by molar-refractivity contribution is 8.00. The summed E-state index contributed by atoms with van der Waals surface area (Å²) in [4.78, 5) is 26.8. The van der Waals surface area contributed by atoms with Crippen LogP contribution in [0.5, 0.6) is 0 Å². The number of piperidine rings is 1. The van der Waals surface area contributed by atoms with E-state index in [4.69, 9.17) is 0 Å². The van der Waals surface area contributed by atoms with Gasteiger partial charge in [0.2, 0.25) is 11.8 Å². The molecule has 1 fully saturated rings. The van der Waals surface area contributed by atoms with E-state index in [1.807, 2.05) is 0 Å². The van der Waals surface area contributed by atoms with E-state index in [0.717, 1.165) is 24.2 Å². The molecule has 25 heavy (non-hydrogen) atoms. The third-order valence-corrected chi connectivity index (χ3v) is 7.49. The topological polar surface area (TPSA) is 83.5 Å². The van der Waals surface area contributed by atoms with Gasteiger partial charge in [0.25, 0.3) is 0 Å². The Kier molecular flexibility index (Phi) is 5.38. The molecule has 0 aliphatic carbocycles. The SMILES string of the molecule is CC(CS(=O)(=O)c1ccc2c(c1)NC(=O)CS2)C(=O)N1CCCCC1. The van der Waals surface area contributed by atoms with E-state index in [-0.39, 0.29) is 22.5 Å². The number of likely N-dealkylation sites (tertiary alicyclic amines) is 1. The summed E-state index contributed by atoms with van der Waals surface area (Å²) in [6.45, 7) is 3.10. The number of rotatable bonds is 4. The quantitative estimate of drug-likeness (QED) is 0.863. The number of thioether (sulfide) groups is 1. The largest absolute Gasteiger partial charge is 0.342 e. The van der Waals surface area contributed by atoms with E-state index < -0.39 is 15.8 Å². The summed E-state index contributed by atoms with van der Waals surface area (Å²) in [6, 6.07) is 4.76. The molecule has 1 atom stereocenters. The van der Waals surface area contributed by atoms with E-state index in [2.05, 4.69) is 5.32 Å². The molecule has 1 unspecified atom stereocenters. The zero-order valence-electron chi connectivity index (χ0n) is 14.2. The van der Waals surface area contributed by atoms with Gasteiger partial charge in [-0.1, -0.05) is 6.92 Å². The van der Waals surface area contributed by atoms with Crippen molar-refractivity contribution in [2.24, 2.45) is 5.92 Å². The van der Waals surface area contributed by atoms with Gasteiger partial charge in [-0.2, -0.15) is 0 Å². The maximum absolute atomic E-state index is 12.7. The van der Waals surface area contributed by atoms with Crippen LogP contribution >= 0.6 is 11.8 Å². The lowest BCUT2D eigenvalue weighted by molar-refractivity contribution is -0.135. The number of amides is 2. The first kappa shape index (κ1) is 18.3. The third kappa shape index (κ3) is 4.17. The molecule has 2 heterocycles. The van der Waals surface area contributed by atoms with E-state index in [9.17, 15) is 18.0 Å². The van der Waals surface area contributed by atoms with E-state index in [1.165, 1.54) is 17.8 Å². The Balaban J connectivity index is 1.74. The molecule has 0 saturated carbocycles. The summed E-state index contributed by atoms with van der Waals surface area (Å²) < 4.78 is 25.4. The van der Waals surface area contributed by atoms with Crippen LogP contribution < -0.4 is 5.32 Å². The fourth-order valence-corrected chi connectivity index (χ4v) is 5.53. The van der Waals surface area contributed by atoms with Crippen molar-refractivity contribution in [3.05, 3.63) is 18.2 Å². The van der Waals surface area contributed by atoms with Crippen LogP contribution in [0.25, 0.3) is 0 Å². The molecule has 6 nitrogen and oxygen atoms in total. The number of carbonyl (C=O) groups is 2. The summed E-state index contributed by atoms with van der Waals surface area (Å²) in [5, 5.41) is 2.70. The van der Waals surface area contributed by atoms with Gasteiger partial charge in [0.15, 0.2) is 9.84 Å². The number of sulfone groups is 1. The zero-order valence-corrected chi connectivity index (χ0v) is 15.8. The number of hydrogen-bond donors (Lipinski definition) is 1. The van der Waals surface area contributed by atoms with Gasteiger partial charge in [-0.05, 0) is 37.5 Å². The van der Waals surface area contributed by atoms with Gasteiger partial charge in [0.05, 0.1) is 22.1 Å². The minimum Gasteiger partial charge on any atom is -0.342 e. The average molecular weight is 383 g/mol. The van der Waals surface area contributed by atoms with Gasteiger partial charge in [0, 0.05) is 23.9 Å². The van der Waals surface area contributed by atoms with Gasteiger partial charge < -0.3 is 10.2 Å². The lowest BCUT2D eigenvalue weighted by atomic mass is 10.1. The van der Waals surface area contributed by atoms with Crippen molar-refractivity contribution in [3.8, 4) is 0 Å². The zero-order chi connectivity index (χ0) is 18.0. The van der Waals surface area contributed by atoms with Crippen molar-refractivity contribution < 1.29 is 18.0 Å².